The van der Waals surface area contributed by atoms with Gasteiger partial charge in [0.1, 0.15) is 11.6 Å². The molecule has 5 rings (SSSR count). The first-order valence-corrected chi connectivity index (χ1v) is 15.1. The SMILES string of the molecule is O=C(NCCCCCN1CCN(C(c2ccc(F)cc2)c2ccc(F)cc2)CC1)[C@@H]1CSC(c2cccnc2)N1. The fourth-order valence-corrected chi connectivity index (χ4v) is 6.69. The van der Waals surface area contributed by atoms with E-state index in [9.17, 15) is 13.6 Å². The molecule has 212 valence electrons. The van der Waals surface area contributed by atoms with Crippen LogP contribution in [0, 0.1) is 11.6 Å². The summed E-state index contributed by atoms with van der Waals surface area (Å²) in [5.41, 5.74) is 3.13. The van der Waals surface area contributed by atoms with Gasteiger partial charge in [-0.1, -0.05) is 36.8 Å². The third-order valence-corrected chi connectivity index (χ3v) is 8.95. The Hall–Kier alpha value is -2.85. The summed E-state index contributed by atoms with van der Waals surface area (Å²) in [6.45, 7) is 5.43. The van der Waals surface area contributed by atoms with E-state index >= 15 is 0 Å². The van der Waals surface area contributed by atoms with Gasteiger partial charge in [0, 0.05) is 50.9 Å². The van der Waals surface area contributed by atoms with E-state index in [1.165, 1.54) is 24.3 Å². The molecule has 2 N–H and O–H groups in total. The molecule has 2 aliphatic rings. The first kappa shape index (κ1) is 28.7. The van der Waals surface area contributed by atoms with Crippen LogP contribution in [0.1, 0.15) is 47.4 Å². The molecule has 1 unspecified atom stereocenters. The molecule has 6 nitrogen and oxygen atoms in total. The molecule has 2 aliphatic heterocycles. The number of piperazine rings is 1. The minimum atomic E-state index is -0.255. The number of pyridine rings is 1. The van der Waals surface area contributed by atoms with E-state index in [1.54, 1.807) is 18.0 Å². The van der Waals surface area contributed by atoms with E-state index in [2.05, 4.69) is 25.4 Å². The van der Waals surface area contributed by atoms with Crippen LogP contribution in [0.4, 0.5) is 8.78 Å². The Morgan fingerprint density at radius 2 is 1.62 bits per heavy atom. The molecule has 1 amide bonds. The predicted molar refractivity (Wildman–Crippen MR) is 156 cm³/mol. The average molecular weight is 566 g/mol. The normalized spacial score (nSPS) is 20.2. The summed E-state index contributed by atoms with van der Waals surface area (Å²) >= 11 is 1.74. The Kier molecular flexibility index (Phi) is 10.2. The highest BCUT2D eigenvalue weighted by Gasteiger charge is 2.30. The fourth-order valence-electron chi connectivity index (χ4n) is 5.47. The van der Waals surface area contributed by atoms with Gasteiger partial charge in [-0.2, -0.15) is 0 Å². The molecule has 2 fully saturated rings. The molecule has 0 saturated carbocycles. The van der Waals surface area contributed by atoms with Gasteiger partial charge in [-0.3, -0.25) is 20.0 Å². The molecule has 0 spiro atoms. The third-order valence-electron chi connectivity index (χ3n) is 7.68. The maximum absolute atomic E-state index is 13.6. The maximum atomic E-state index is 13.6. The smallest absolute Gasteiger partial charge is 0.238 e. The summed E-state index contributed by atoms with van der Waals surface area (Å²) in [4.78, 5) is 21.6. The lowest BCUT2D eigenvalue weighted by Crippen LogP contribution is -2.48. The minimum Gasteiger partial charge on any atom is -0.355 e. The van der Waals surface area contributed by atoms with Crippen LogP contribution in [0.15, 0.2) is 73.1 Å². The van der Waals surface area contributed by atoms with Crippen LogP contribution in [0.25, 0.3) is 0 Å². The van der Waals surface area contributed by atoms with Gasteiger partial charge < -0.3 is 10.2 Å². The lowest BCUT2D eigenvalue weighted by Gasteiger charge is -2.40. The number of carbonyl (C=O) groups is 1. The number of nitrogens with zero attached hydrogens (tertiary/aromatic N) is 3. The van der Waals surface area contributed by atoms with Gasteiger partial charge in [0.25, 0.3) is 0 Å². The van der Waals surface area contributed by atoms with Gasteiger partial charge in [0.15, 0.2) is 0 Å². The van der Waals surface area contributed by atoms with Crippen molar-refractivity contribution in [1.82, 2.24) is 25.4 Å². The minimum absolute atomic E-state index is 0.0284. The van der Waals surface area contributed by atoms with Crippen molar-refractivity contribution in [2.24, 2.45) is 0 Å². The molecule has 3 heterocycles. The number of amides is 1. The van der Waals surface area contributed by atoms with Crippen molar-refractivity contribution >= 4 is 17.7 Å². The zero-order valence-corrected chi connectivity index (χ0v) is 23.5. The molecular formula is C31H37F2N5OS. The first-order valence-electron chi connectivity index (χ1n) is 14.1. The van der Waals surface area contributed by atoms with E-state index in [0.29, 0.717) is 6.54 Å². The molecule has 3 aromatic rings. The zero-order valence-electron chi connectivity index (χ0n) is 22.6. The first-order chi connectivity index (χ1) is 19.6. The molecule has 0 radical (unpaired) electrons. The van der Waals surface area contributed by atoms with Gasteiger partial charge in [0.2, 0.25) is 5.91 Å². The number of nitrogens with one attached hydrogen (secondary N) is 2. The highest BCUT2D eigenvalue weighted by molar-refractivity contribution is 7.99. The predicted octanol–water partition coefficient (Wildman–Crippen LogP) is 4.76. The van der Waals surface area contributed by atoms with Crippen molar-refractivity contribution in [3.8, 4) is 0 Å². The largest absolute Gasteiger partial charge is 0.355 e. The van der Waals surface area contributed by atoms with Crippen LogP contribution in [0.3, 0.4) is 0 Å². The van der Waals surface area contributed by atoms with Crippen molar-refractivity contribution in [2.75, 3.05) is 45.0 Å². The lowest BCUT2D eigenvalue weighted by molar-refractivity contribution is -0.122. The Morgan fingerprint density at radius 1 is 0.950 bits per heavy atom. The third kappa shape index (κ3) is 7.66. The zero-order chi connectivity index (χ0) is 27.7. The molecule has 1 aromatic heterocycles. The van der Waals surface area contributed by atoms with Gasteiger partial charge in [0.05, 0.1) is 17.5 Å². The number of carbonyl (C=O) groups excluding carboxylic acids is 1. The van der Waals surface area contributed by atoms with Crippen LogP contribution < -0.4 is 10.6 Å². The molecule has 0 aliphatic carbocycles. The summed E-state index contributed by atoms with van der Waals surface area (Å²) in [5.74, 6) is 0.330. The Balaban J connectivity index is 1.00. The summed E-state index contributed by atoms with van der Waals surface area (Å²) < 4.78 is 27.2. The average Bonchev–Trinajstić information content (AvgIpc) is 3.49. The second kappa shape index (κ2) is 14.2. The topological polar surface area (TPSA) is 60.5 Å². The maximum Gasteiger partial charge on any atom is 0.238 e. The van der Waals surface area contributed by atoms with Crippen molar-refractivity contribution < 1.29 is 13.6 Å². The molecule has 2 saturated heterocycles. The van der Waals surface area contributed by atoms with Crippen LogP contribution in [0.2, 0.25) is 0 Å². The summed E-state index contributed by atoms with van der Waals surface area (Å²) in [7, 11) is 0. The van der Waals surface area contributed by atoms with Crippen molar-refractivity contribution in [2.45, 2.75) is 36.7 Å². The van der Waals surface area contributed by atoms with E-state index in [4.69, 9.17) is 0 Å². The summed E-state index contributed by atoms with van der Waals surface area (Å²) in [5, 5.41) is 6.62. The molecular weight excluding hydrogens is 528 g/mol. The van der Waals surface area contributed by atoms with E-state index in [-0.39, 0.29) is 35.0 Å². The van der Waals surface area contributed by atoms with E-state index in [1.807, 2.05) is 42.6 Å². The van der Waals surface area contributed by atoms with Gasteiger partial charge in [-0.25, -0.2) is 8.78 Å². The fraction of sp³-hybridized carbons (Fsp3) is 0.419. The number of aromatic nitrogens is 1. The standard InChI is InChI=1S/C31H37F2N5OS/c32-26-10-6-23(7-11-26)29(24-8-12-27(33)13-9-24)38-19-17-37(18-20-38)16-3-1-2-15-35-30(39)28-22-40-31(36-28)25-5-4-14-34-21-25/h4-14,21,28-29,31,36H,1-3,15-20,22H2,(H,35,39)/t28-,31?/m0/s1. The molecule has 9 heteroatoms. The molecule has 2 atom stereocenters. The summed E-state index contributed by atoms with van der Waals surface area (Å²) in [6, 6.07) is 17.0. The van der Waals surface area contributed by atoms with E-state index in [0.717, 1.165) is 74.4 Å². The van der Waals surface area contributed by atoms with Crippen LogP contribution in [-0.2, 0) is 4.79 Å². The number of hydrogen-bond donors (Lipinski definition) is 2. The second-order valence-electron chi connectivity index (χ2n) is 10.5. The molecule has 0 bridgehead atoms. The quantitative estimate of drug-likeness (QED) is 0.327. The number of benzene rings is 2. The number of rotatable bonds is 11. The second-order valence-corrected chi connectivity index (χ2v) is 11.6. The van der Waals surface area contributed by atoms with Gasteiger partial charge >= 0.3 is 0 Å². The van der Waals surface area contributed by atoms with Gasteiger partial charge in [-0.05, 0) is 66.4 Å². The van der Waals surface area contributed by atoms with Crippen molar-refractivity contribution in [1.29, 1.82) is 0 Å². The van der Waals surface area contributed by atoms with Crippen LogP contribution in [-0.4, -0.2) is 71.8 Å². The van der Waals surface area contributed by atoms with Crippen molar-refractivity contribution in [3.63, 3.8) is 0 Å². The highest BCUT2D eigenvalue weighted by Crippen LogP contribution is 2.32. The number of hydrogen-bond acceptors (Lipinski definition) is 6. The van der Waals surface area contributed by atoms with E-state index < -0.39 is 0 Å². The number of halogens is 2. The van der Waals surface area contributed by atoms with Gasteiger partial charge in [-0.15, -0.1) is 11.8 Å². The number of unbranched alkanes of at least 4 members (excludes halogenated alkanes) is 2. The van der Waals surface area contributed by atoms with Crippen LogP contribution >= 0.6 is 11.8 Å². The Morgan fingerprint density at radius 3 is 2.25 bits per heavy atom. The molecule has 40 heavy (non-hydrogen) atoms. The Bertz CT molecular complexity index is 1160. The Labute approximate surface area is 239 Å². The monoisotopic (exact) mass is 565 g/mol. The highest BCUT2D eigenvalue weighted by atomic mass is 32.2. The molecule has 2 aromatic carbocycles. The number of thioether (sulfide) groups is 1. The summed E-state index contributed by atoms with van der Waals surface area (Å²) in [6.07, 6.45) is 6.74. The van der Waals surface area contributed by atoms with Crippen LogP contribution in [0.5, 0.6) is 0 Å². The van der Waals surface area contributed by atoms with Crippen molar-refractivity contribution in [3.05, 3.63) is 101 Å². The lowest BCUT2D eigenvalue weighted by atomic mass is 9.96.